The first-order chi connectivity index (χ1) is 9.52. The smallest absolute Gasteiger partial charge is 0.128 e. The van der Waals surface area contributed by atoms with Crippen molar-refractivity contribution in [2.45, 2.75) is 13.0 Å². The summed E-state index contributed by atoms with van der Waals surface area (Å²) in [6.07, 6.45) is 0. The minimum atomic E-state index is -0.436. The first-order valence-corrected chi connectivity index (χ1v) is 8.03. The highest BCUT2D eigenvalue weighted by atomic mass is 127. The summed E-state index contributed by atoms with van der Waals surface area (Å²) in [6, 6.07) is 8.98. The highest BCUT2D eigenvalue weighted by molar-refractivity contribution is 14.1. The molecular weight excluding hydrogens is 439 g/mol. The molecule has 0 aliphatic heterocycles. The quantitative estimate of drug-likeness (QED) is 0.643. The molecule has 0 aliphatic rings. The van der Waals surface area contributed by atoms with Crippen molar-refractivity contribution in [3.05, 3.63) is 67.2 Å². The van der Waals surface area contributed by atoms with Crippen LogP contribution in [0.5, 0.6) is 0 Å². The lowest BCUT2D eigenvalue weighted by Crippen LogP contribution is -2.24. The summed E-state index contributed by atoms with van der Waals surface area (Å²) in [4.78, 5) is 0. The van der Waals surface area contributed by atoms with E-state index in [1.807, 2.05) is 25.1 Å². The highest BCUT2D eigenvalue weighted by Crippen LogP contribution is 2.30. The van der Waals surface area contributed by atoms with Crippen LogP contribution in [0, 0.1) is 15.2 Å². The van der Waals surface area contributed by atoms with Gasteiger partial charge >= 0.3 is 0 Å². The van der Waals surface area contributed by atoms with E-state index in [4.69, 9.17) is 0 Å². The maximum absolute atomic E-state index is 14.0. The Morgan fingerprint density at radius 2 is 1.90 bits per heavy atom. The van der Waals surface area contributed by atoms with E-state index < -0.39 is 11.6 Å². The molecule has 1 N–H and O–H groups in total. The Hall–Kier alpha value is -0.530. The molecule has 1 nitrogen and oxygen atoms in total. The molecule has 0 radical (unpaired) electrons. The van der Waals surface area contributed by atoms with E-state index in [0.29, 0.717) is 12.1 Å². The molecule has 1 unspecified atom stereocenters. The summed E-state index contributed by atoms with van der Waals surface area (Å²) >= 11 is 5.62. The lowest BCUT2D eigenvalue weighted by molar-refractivity contribution is 0.544. The number of nitrogens with one attached hydrogen (secondary N) is 1. The van der Waals surface area contributed by atoms with Gasteiger partial charge < -0.3 is 5.32 Å². The van der Waals surface area contributed by atoms with Gasteiger partial charge in [0.2, 0.25) is 0 Å². The van der Waals surface area contributed by atoms with Gasteiger partial charge in [0.05, 0.1) is 6.04 Å². The molecular formula is C15H13BrF2IN. The third-order valence-electron chi connectivity index (χ3n) is 2.95. The molecule has 0 heterocycles. The molecule has 0 fully saturated rings. The summed E-state index contributed by atoms with van der Waals surface area (Å²) in [7, 11) is 0. The molecule has 20 heavy (non-hydrogen) atoms. The van der Waals surface area contributed by atoms with Crippen LogP contribution in [0.3, 0.4) is 0 Å². The second kappa shape index (κ2) is 6.95. The van der Waals surface area contributed by atoms with Crippen LogP contribution in [0.25, 0.3) is 0 Å². The van der Waals surface area contributed by atoms with Crippen LogP contribution in [-0.2, 0) is 0 Å². The Bertz CT molecular complexity index is 567. The summed E-state index contributed by atoms with van der Waals surface area (Å²) in [5, 5.41) is 3.22. The predicted octanol–water partition coefficient (Wildman–Crippen LogP) is 5.03. The van der Waals surface area contributed by atoms with E-state index in [1.54, 1.807) is 0 Å². The Labute approximate surface area is 139 Å². The van der Waals surface area contributed by atoms with Gasteiger partial charge in [-0.25, -0.2) is 8.78 Å². The highest BCUT2D eigenvalue weighted by Gasteiger charge is 2.20. The van der Waals surface area contributed by atoms with Crippen LogP contribution in [0.15, 0.2) is 40.9 Å². The van der Waals surface area contributed by atoms with Crippen molar-refractivity contribution >= 4 is 38.5 Å². The Balaban J connectivity index is 2.55. The average molecular weight is 452 g/mol. The average Bonchev–Trinajstić information content (AvgIpc) is 2.42. The fourth-order valence-electron chi connectivity index (χ4n) is 2.06. The summed E-state index contributed by atoms with van der Waals surface area (Å²) in [5.41, 5.74) is 1.24. The summed E-state index contributed by atoms with van der Waals surface area (Å²) in [5.74, 6) is -0.845. The van der Waals surface area contributed by atoms with Crippen LogP contribution in [0.1, 0.15) is 24.1 Å². The first-order valence-electron chi connectivity index (χ1n) is 6.16. The van der Waals surface area contributed by atoms with Gasteiger partial charge in [-0.05, 0) is 71.1 Å². The predicted molar refractivity (Wildman–Crippen MR) is 88.7 cm³/mol. The van der Waals surface area contributed by atoms with Gasteiger partial charge in [0.25, 0.3) is 0 Å². The second-order valence-electron chi connectivity index (χ2n) is 4.32. The molecule has 1 atom stereocenters. The lowest BCUT2D eigenvalue weighted by Gasteiger charge is -2.21. The number of hydrogen-bond acceptors (Lipinski definition) is 1. The SMILES string of the molecule is CCNC(c1cc(F)ccc1F)c1cc(Br)ccc1I. The number of benzene rings is 2. The molecule has 0 aromatic heterocycles. The van der Waals surface area contributed by atoms with Gasteiger partial charge in [-0.3, -0.25) is 0 Å². The van der Waals surface area contributed by atoms with Crippen molar-refractivity contribution < 1.29 is 8.78 Å². The van der Waals surface area contributed by atoms with E-state index in [9.17, 15) is 8.78 Å². The normalized spacial score (nSPS) is 12.4. The minimum Gasteiger partial charge on any atom is -0.306 e. The molecule has 0 spiro atoms. The molecule has 2 rings (SSSR count). The summed E-state index contributed by atoms with van der Waals surface area (Å²) in [6.45, 7) is 2.60. The van der Waals surface area contributed by atoms with Crippen LogP contribution in [-0.4, -0.2) is 6.54 Å². The third kappa shape index (κ3) is 3.56. The molecule has 2 aromatic rings. The van der Waals surface area contributed by atoms with Crippen molar-refractivity contribution in [1.29, 1.82) is 0 Å². The number of rotatable bonds is 4. The fraction of sp³-hybridized carbons (Fsp3) is 0.200. The molecule has 0 bridgehead atoms. The van der Waals surface area contributed by atoms with Crippen LogP contribution < -0.4 is 5.32 Å². The zero-order valence-electron chi connectivity index (χ0n) is 10.8. The van der Waals surface area contributed by atoms with Gasteiger partial charge in [0, 0.05) is 13.6 Å². The van der Waals surface area contributed by atoms with Gasteiger partial charge in [0.1, 0.15) is 11.6 Å². The van der Waals surface area contributed by atoms with Crippen molar-refractivity contribution in [1.82, 2.24) is 5.32 Å². The minimum absolute atomic E-state index is 0.322. The zero-order valence-corrected chi connectivity index (χ0v) is 14.5. The van der Waals surface area contributed by atoms with Crippen molar-refractivity contribution in [3.63, 3.8) is 0 Å². The van der Waals surface area contributed by atoms with Crippen LogP contribution >= 0.6 is 38.5 Å². The lowest BCUT2D eigenvalue weighted by atomic mass is 9.98. The maximum atomic E-state index is 14.0. The monoisotopic (exact) mass is 451 g/mol. The van der Waals surface area contributed by atoms with Gasteiger partial charge in [-0.2, -0.15) is 0 Å². The number of halogens is 4. The van der Waals surface area contributed by atoms with E-state index in [0.717, 1.165) is 19.7 Å². The molecule has 5 heteroatoms. The van der Waals surface area contributed by atoms with E-state index >= 15 is 0 Å². The molecule has 0 saturated carbocycles. The third-order valence-corrected chi connectivity index (χ3v) is 4.42. The Morgan fingerprint density at radius 1 is 1.15 bits per heavy atom. The maximum Gasteiger partial charge on any atom is 0.128 e. The van der Waals surface area contributed by atoms with Crippen LogP contribution in [0.2, 0.25) is 0 Å². The van der Waals surface area contributed by atoms with Gasteiger partial charge in [-0.1, -0.05) is 22.9 Å². The first kappa shape index (κ1) is 15.9. The second-order valence-corrected chi connectivity index (χ2v) is 6.40. The molecule has 2 aromatic carbocycles. The van der Waals surface area contributed by atoms with E-state index in [-0.39, 0.29) is 6.04 Å². The largest absolute Gasteiger partial charge is 0.306 e. The Kier molecular flexibility index (Phi) is 5.51. The van der Waals surface area contributed by atoms with Crippen molar-refractivity contribution in [2.24, 2.45) is 0 Å². The molecule has 0 amide bonds. The fourth-order valence-corrected chi connectivity index (χ4v) is 3.09. The standard InChI is InChI=1S/C15H13BrF2IN/c1-2-20-15(11-8-10(17)4-5-13(11)18)12-7-9(16)3-6-14(12)19/h3-8,15,20H,2H2,1H3. The number of hydrogen-bond donors (Lipinski definition) is 1. The topological polar surface area (TPSA) is 12.0 Å². The van der Waals surface area contributed by atoms with Gasteiger partial charge in [0.15, 0.2) is 0 Å². The van der Waals surface area contributed by atoms with Gasteiger partial charge in [-0.15, -0.1) is 0 Å². The van der Waals surface area contributed by atoms with Crippen molar-refractivity contribution in [2.75, 3.05) is 6.54 Å². The summed E-state index contributed by atoms with van der Waals surface area (Å²) < 4.78 is 29.4. The molecule has 0 aliphatic carbocycles. The van der Waals surface area contributed by atoms with E-state index in [1.165, 1.54) is 12.1 Å². The molecule has 0 saturated heterocycles. The van der Waals surface area contributed by atoms with E-state index in [2.05, 4.69) is 43.8 Å². The van der Waals surface area contributed by atoms with Crippen molar-refractivity contribution in [3.8, 4) is 0 Å². The van der Waals surface area contributed by atoms with Crippen LogP contribution in [0.4, 0.5) is 8.78 Å². The Morgan fingerprint density at radius 3 is 2.60 bits per heavy atom. The molecule has 106 valence electrons. The zero-order chi connectivity index (χ0) is 14.7.